The standard InChI is InChI=1S/C17H25N3O3/c21-15-10-17(11-18-15)4-1-6-19(7-5-17)14-8-12-2-3-13(9-14)20(12)16(22)23/h8,12-13H,1-7,9-11H2,(H,18,21)(H,22,23). The van der Waals surface area contributed by atoms with Gasteiger partial charge in [-0.1, -0.05) is 0 Å². The minimum absolute atomic E-state index is 0.0631. The number of fused-ring (bicyclic) bond motifs is 2. The summed E-state index contributed by atoms with van der Waals surface area (Å²) in [5.74, 6) is 0.200. The second-order valence-corrected chi connectivity index (χ2v) is 7.64. The average molecular weight is 319 g/mol. The van der Waals surface area contributed by atoms with Crippen LogP contribution < -0.4 is 5.32 Å². The van der Waals surface area contributed by atoms with Gasteiger partial charge in [-0.3, -0.25) is 9.69 Å². The van der Waals surface area contributed by atoms with Gasteiger partial charge in [0.1, 0.15) is 0 Å². The molecule has 23 heavy (non-hydrogen) atoms. The van der Waals surface area contributed by atoms with Crippen molar-refractivity contribution in [2.75, 3.05) is 19.6 Å². The van der Waals surface area contributed by atoms with Crippen LogP contribution in [-0.4, -0.2) is 58.6 Å². The van der Waals surface area contributed by atoms with Gasteiger partial charge in [-0.15, -0.1) is 0 Å². The molecule has 0 aliphatic carbocycles. The average Bonchev–Trinajstić information content (AvgIpc) is 2.91. The monoisotopic (exact) mass is 319 g/mol. The van der Waals surface area contributed by atoms with Gasteiger partial charge in [-0.05, 0) is 43.6 Å². The maximum atomic E-state index is 11.6. The fraction of sp³-hybridized carbons (Fsp3) is 0.765. The lowest BCUT2D eigenvalue weighted by Crippen LogP contribution is -2.44. The van der Waals surface area contributed by atoms with Crippen molar-refractivity contribution in [3.8, 4) is 0 Å². The molecule has 0 aromatic heterocycles. The maximum Gasteiger partial charge on any atom is 0.408 e. The minimum Gasteiger partial charge on any atom is -0.465 e. The molecule has 4 aliphatic heterocycles. The molecule has 4 rings (SSSR count). The molecule has 4 aliphatic rings. The molecule has 2 bridgehead atoms. The highest BCUT2D eigenvalue weighted by atomic mass is 16.4. The van der Waals surface area contributed by atoms with E-state index in [9.17, 15) is 14.7 Å². The Morgan fingerprint density at radius 2 is 2.17 bits per heavy atom. The smallest absolute Gasteiger partial charge is 0.408 e. The van der Waals surface area contributed by atoms with Crippen molar-refractivity contribution >= 4 is 12.0 Å². The summed E-state index contributed by atoms with van der Waals surface area (Å²) in [4.78, 5) is 27.1. The molecule has 1 spiro atoms. The molecule has 2 N–H and O–H groups in total. The zero-order chi connectivity index (χ0) is 16.0. The highest BCUT2D eigenvalue weighted by Crippen LogP contribution is 2.40. The molecule has 4 heterocycles. The lowest BCUT2D eigenvalue weighted by molar-refractivity contribution is -0.119. The number of likely N-dealkylation sites (tertiary alicyclic amines) is 1. The first-order valence-corrected chi connectivity index (χ1v) is 8.80. The molecule has 0 aromatic carbocycles. The topological polar surface area (TPSA) is 72.9 Å². The van der Waals surface area contributed by atoms with Crippen LogP contribution in [0.2, 0.25) is 0 Å². The van der Waals surface area contributed by atoms with Crippen molar-refractivity contribution in [3.05, 3.63) is 11.8 Å². The van der Waals surface area contributed by atoms with Crippen LogP contribution in [0, 0.1) is 5.41 Å². The normalized spacial score (nSPS) is 36.9. The number of carboxylic acid groups (broad SMARTS) is 1. The van der Waals surface area contributed by atoms with Gasteiger partial charge in [0.25, 0.3) is 0 Å². The van der Waals surface area contributed by atoms with E-state index in [0.717, 1.165) is 58.2 Å². The third-order valence-corrected chi connectivity index (χ3v) is 6.25. The van der Waals surface area contributed by atoms with Gasteiger partial charge in [0.2, 0.25) is 5.91 Å². The van der Waals surface area contributed by atoms with Crippen LogP contribution in [0.5, 0.6) is 0 Å². The molecule has 3 unspecified atom stereocenters. The van der Waals surface area contributed by atoms with Crippen molar-refractivity contribution in [3.63, 3.8) is 0 Å². The summed E-state index contributed by atoms with van der Waals surface area (Å²) in [6.07, 6.45) is 8.16. The lowest BCUT2D eigenvalue weighted by atomic mass is 9.80. The van der Waals surface area contributed by atoms with Crippen LogP contribution >= 0.6 is 0 Å². The van der Waals surface area contributed by atoms with Crippen LogP contribution in [0.3, 0.4) is 0 Å². The number of hydrogen-bond donors (Lipinski definition) is 2. The summed E-state index contributed by atoms with van der Waals surface area (Å²) >= 11 is 0. The quantitative estimate of drug-likeness (QED) is 0.773. The van der Waals surface area contributed by atoms with Crippen LogP contribution in [0.15, 0.2) is 11.8 Å². The summed E-state index contributed by atoms with van der Waals surface area (Å²) in [7, 11) is 0. The number of nitrogens with zero attached hydrogens (tertiary/aromatic N) is 2. The molecular weight excluding hydrogens is 294 g/mol. The molecule has 0 radical (unpaired) electrons. The molecular formula is C17H25N3O3. The number of amides is 2. The molecule has 6 nitrogen and oxygen atoms in total. The van der Waals surface area contributed by atoms with Crippen molar-refractivity contribution in [1.29, 1.82) is 0 Å². The van der Waals surface area contributed by atoms with Crippen LogP contribution in [0.4, 0.5) is 4.79 Å². The highest BCUT2D eigenvalue weighted by Gasteiger charge is 2.43. The Hall–Kier alpha value is -1.72. The van der Waals surface area contributed by atoms with E-state index in [1.54, 1.807) is 4.90 Å². The van der Waals surface area contributed by atoms with Crippen molar-refractivity contribution in [2.45, 2.75) is 57.0 Å². The largest absolute Gasteiger partial charge is 0.465 e. The summed E-state index contributed by atoms with van der Waals surface area (Å²) in [5, 5.41) is 12.4. The molecule has 3 fully saturated rings. The van der Waals surface area contributed by atoms with Crippen molar-refractivity contribution in [1.82, 2.24) is 15.1 Å². The number of hydrogen-bond acceptors (Lipinski definition) is 3. The lowest BCUT2D eigenvalue weighted by Gasteiger charge is -2.36. The first-order valence-electron chi connectivity index (χ1n) is 8.80. The highest BCUT2D eigenvalue weighted by molar-refractivity contribution is 5.79. The molecule has 2 amide bonds. The number of nitrogens with one attached hydrogen (secondary N) is 1. The Morgan fingerprint density at radius 1 is 1.30 bits per heavy atom. The van der Waals surface area contributed by atoms with E-state index in [1.807, 2.05) is 0 Å². The SMILES string of the molecule is O=C1CC2(CCCN(C3=CC4CCC(C3)N4C(=O)O)CC2)CN1. The Bertz CT molecular complexity index is 561. The second kappa shape index (κ2) is 5.42. The fourth-order valence-corrected chi connectivity index (χ4v) is 4.99. The molecule has 6 heteroatoms. The first kappa shape index (κ1) is 14.8. The number of carbonyl (C=O) groups excluding carboxylic acids is 1. The van der Waals surface area contributed by atoms with Crippen LogP contribution in [-0.2, 0) is 4.79 Å². The van der Waals surface area contributed by atoms with Gasteiger partial charge in [-0.2, -0.15) is 0 Å². The molecule has 0 saturated carbocycles. The predicted molar refractivity (Wildman–Crippen MR) is 84.9 cm³/mol. The molecule has 3 atom stereocenters. The Morgan fingerprint density at radius 3 is 2.87 bits per heavy atom. The summed E-state index contributed by atoms with van der Waals surface area (Å²) in [6.45, 7) is 2.86. The Balaban J connectivity index is 1.46. The van der Waals surface area contributed by atoms with E-state index in [2.05, 4.69) is 16.3 Å². The van der Waals surface area contributed by atoms with E-state index >= 15 is 0 Å². The van der Waals surface area contributed by atoms with Gasteiger partial charge in [-0.25, -0.2) is 4.79 Å². The zero-order valence-electron chi connectivity index (χ0n) is 13.5. The summed E-state index contributed by atoms with van der Waals surface area (Å²) in [5.41, 5.74) is 1.50. The third kappa shape index (κ3) is 2.58. The fourth-order valence-electron chi connectivity index (χ4n) is 4.99. The third-order valence-electron chi connectivity index (χ3n) is 6.25. The second-order valence-electron chi connectivity index (χ2n) is 7.64. The van der Waals surface area contributed by atoms with Crippen molar-refractivity contribution < 1.29 is 14.7 Å². The van der Waals surface area contributed by atoms with Crippen LogP contribution in [0.25, 0.3) is 0 Å². The molecule has 3 saturated heterocycles. The first-order chi connectivity index (χ1) is 11.1. The zero-order valence-corrected chi connectivity index (χ0v) is 13.5. The van der Waals surface area contributed by atoms with E-state index in [1.165, 1.54) is 5.70 Å². The van der Waals surface area contributed by atoms with Gasteiger partial charge >= 0.3 is 6.09 Å². The van der Waals surface area contributed by atoms with E-state index < -0.39 is 6.09 Å². The van der Waals surface area contributed by atoms with Crippen molar-refractivity contribution in [2.24, 2.45) is 5.41 Å². The van der Waals surface area contributed by atoms with Crippen LogP contribution in [0.1, 0.15) is 44.9 Å². The van der Waals surface area contributed by atoms with E-state index in [0.29, 0.717) is 6.42 Å². The summed E-state index contributed by atoms with van der Waals surface area (Å²) in [6, 6.07) is 0.220. The summed E-state index contributed by atoms with van der Waals surface area (Å²) < 4.78 is 0. The molecule has 126 valence electrons. The number of carbonyl (C=O) groups is 2. The Labute approximate surface area is 136 Å². The minimum atomic E-state index is -0.779. The van der Waals surface area contributed by atoms with Gasteiger partial charge in [0.05, 0.1) is 6.04 Å². The van der Waals surface area contributed by atoms with Gasteiger partial charge in [0, 0.05) is 44.2 Å². The molecule has 0 aromatic rings. The van der Waals surface area contributed by atoms with Gasteiger partial charge < -0.3 is 15.3 Å². The van der Waals surface area contributed by atoms with E-state index in [-0.39, 0.29) is 23.4 Å². The number of rotatable bonds is 1. The maximum absolute atomic E-state index is 11.6. The van der Waals surface area contributed by atoms with E-state index in [4.69, 9.17) is 0 Å². The predicted octanol–water partition coefficient (Wildman–Crippen LogP) is 1.78. The Kier molecular flexibility index (Phi) is 3.50. The van der Waals surface area contributed by atoms with Gasteiger partial charge in [0.15, 0.2) is 0 Å².